The number of hydrogen-bond acceptors (Lipinski definition) is 6. The molecule has 2 rings (SSSR count). The third-order valence-electron chi connectivity index (χ3n) is 2.04. The molecule has 0 fully saturated rings. The van der Waals surface area contributed by atoms with Crippen LogP contribution in [0.3, 0.4) is 0 Å². The van der Waals surface area contributed by atoms with Crippen LogP contribution in [-0.2, 0) is 0 Å². The minimum Gasteiger partial charge on any atom is -0.492 e. The molecule has 0 radical (unpaired) electrons. The van der Waals surface area contributed by atoms with Gasteiger partial charge in [0.2, 0.25) is 0 Å². The molecule has 1 aromatic carbocycles. The number of aromatic amines is 1. The zero-order chi connectivity index (χ0) is 13.7. The Morgan fingerprint density at radius 2 is 2.32 bits per heavy atom. The predicted octanol–water partition coefficient (Wildman–Crippen LogP) is 2.57. The summed E-state index contributed by atoms with van der Waals surface area (Å²) in [5, 5.41) is 17.2. The van der Waals surface area contributed by atoms with Gasteiger partial charge in [0.25, 0.3) is 5.95 Å². The molecular formula is C10H10Br2N6O. The fourth-order valence-electron chi connectivity index (χ4n) is 1.34. The minimum atomic E-state index is 0.295. The topological polar surface area (TPSA) is 88.1 Å². The Morgan fingerprint density at radius 1 is 1.47 bits per heavy atom. The third-order valence-corrected chi connectivity index (χ3v) is 3.09. The maximum absolute atomic E-state index is 5.57. The molecule has 19 heavy (non-hydrogen) atoms. The van der Waals surface area contributed by atoms with E-state index in [1.54, 1.807) is 6.21 Å². The molecule has 2 N–H and O–H groups in total. The first-order valence-corrected chi connectivity index (χ1v) is 6.93. The number of aromatic nitrogens is 4. The molecule has 0 aliphatic carbocycles. The smallest absolute Gasteiger partial charge is 0.283 e. The van der Waals surface area contributed by atoms with Gasteiger partial charge in [-0.25, -0.2) is 5.43 Å². The third kappa shape index (κ3) is 3.74. The number of tetrazole rings is 1. The van der Waals surface area contributed by atoms with Crippen LogP contribution in [0.2, 0.25) is 0 Å². The maximum Gasteiger partial charge on any atom is 0.283 e. The lowest BCUT2D eigenvalue weighted by molar-refractivity contribution is 0.337. The summed E-state index contributed by atoms with van der Waals surface area (Å²) in [5.41, 5.74) is 3.47. The molecule has 2 aromatic rings. The molecule has 0 aliphatic rings. The van der Waals surface area contributed by atoms with E-state index in [1.165, 1.54) is 0 Å². The second-order valence-corrected chi connectivity index (χ2v) is 5.11. The van der Waals surface area contributed by atoms with Crippen molar-refractivity contribution in [3.8, 4) is 5.75 Å². The Bertz CT molecular complexity index is 572. The van der Waals surface area contributed by atoms with Crippen molar-refractivity contribution in [3.05, 3.63) is 26.6 Å². The van der Waals surface area contributed by atoms with Crippen LogP contribution in [0.15, 0.2) is 26.2 Å². The highest BCUT2D eigenvalue weighted by atomic mass is 79.9. The molecule has 9 heteroatoms. The Balaban J connectivity index is 2.20. The van der Waals surface area contributed by atoms with Crippen LogP contribution in [0.4, 0.5) is 5.95 Å². The van der Waals surface area contributed by atoms with E-state index in [1.807, 2.05) is 19.1 Å². The van der Waals surface area contributed by atoms with Crippen LogP contribution in [0, 0.1) is 0 Å². The maximum atomic E-state index is 5.57. The molecule has 0 amide bonds. The first-order valence-electron chi connectivity index (χ1n) is 5.35. The van der Waals surface area contributed by atoms with Crippen LogP contribution in [-0.4, -0.2) is 33.4 Å². The van der Waals surface area contributed by atoms with Crippen molar-refractivity contribution in [2.24, 2.45) is 5.10 Å². The number of ether oxygens (including phenoxy) is 1. The van der Waals surface area contributed by atoms with E-state index >= 15 is 0 Å². The number of halogens is 2. The van der Waals surface area contributed by atoms with Gasteiger partial charge in [-0.15, -0.1) is 5.10 Å². The summed E-state index contributed by atoms with van der Waals surface area (Å²) in [6, 6.07) is 3.81. The van der Waals surface area contributed by atoms with E-state index in [0.717, 1.165) is 20.3 Å². The molecule has 7 nitrogen and oxygen atoms in total. The fraction of sp³-hybridized carbons (Fsp3) is 0.200. The normalized spacial score (nSPS) is 10.9. The highest BCUT2D eigenvalue weighted by Gasteiger charge is 2.08. The minimum absolute atomic E-state index is 0.295. The average Bonchev–Trinajstić information content (AvgIpc) is 2.86. The van der Waals surface area contributed by atoms with Gasteiger partial charge in [-0.2, -0.15) is 10.3 Å². The lowest BCUT2D eigenvalue weighted by atomic mass is 10.2. The summed E-state index contributed by atoms with van der Waals surface area (Å²) in [7, 11) is 0. The number of hydrazone groups is 1. The molecule has 0 spiro atoms. The molecule has 0 bridgehead atoms. The van der Waals surface area contributed by atoms with Crippen molar-refractivity contribution in [2.75, 3.05) is 12.0 Å². The summed E-state index contributed by atoms with van der Waals surface area (Å²) in [4.78, 5) is 0. The molecule has 1 heterocycles. The number of hydrogen-bond donors (Lipinski definition) is 2. The highest BCUT2D eigenvalue weighted by molar-refractivity contribution is 9.11. The van der Waals surface area contributed by atoms with Crippen molar-refractivity contribution >= 4 is 44.0 Å². The summed E-state index contributed by atoms with van der Waals surface area (Å²) in [5.74, 6) is 1.02. The van der Waals surface area contributed by atoms with Gasteiger partial charge in [0.05, 0.1) is 17.3 Å². The van der Waals surface area contributed by atoms with Crippen molar-refractivity contribution in [1.82, 2.24) is 20.6 Å². The molecule has 0 aliphatic heterocycles. The van der Waals surface area contributed by atoms with Gasteiger partial charge in [-0.05, 0) is 40.2 Å². The van der Waals surface area contributed by atoms with E-state index in [0.29, 0.717) is 12.6 Å². The number of nitrogens with one attached hydrogen (secondary N) is 2. The average molecular weight is 390 g/mol. The monoisotopic (exact) mass is 388 g/mol. The lowest BCUT2D eigenvalue weighted by Crippen LogP contribution is -1.99. The van der Waals surface area contributed by atoms with Crippen LogP contribution < -0.4 is 10.2 Å². The quantitative estimate of drug-likeness (QED) is 0.606. The van der Waals surface area contributed by atoms with E-state index in [2.05, 4.69) is 63.0 Å². The van der Waals surface area contributed by atoms with Gasteiger partial charge in [0, 0.05) is 10.0 Å². The van der Waals surface area contributed by atoms with Crippen LogP contribution in [0.1, 0.15) is 12.5 Å². The van der Waals surface area contributed by atoms with Crippen LogP contribution in [0.25, 0.3) is 0 Å². The Hall–Kier alpha value is -1.48. The zero-order valence-corrected chi connectivity index (χ0v) is 13.1. The molecule has 0 saturated heterocycles. The van der Waals surface area contributed by atoms with Gasteiger partial charge >= 0.3 is 0 Å². The standard InChI is InChI=1S/C10H10Br2N6O/c1-2-19-9-6(3-7(11)4-8(9)12)5-13-14-10-15-17-18-16-10/h3-5H,2H2,1H3,(H2,14,15,16,17,18)/b13-5-. The number of H-pyrrole nitrogens is 1. The van der Waals surface area contributed by atoms with Crippen LogP contribution in [0.5, 0.6) is 5.75 Å². The SMILES string of the molecule is CCOc1c(Br)cc(Br)cc1/C=N\Nc1nn[nH]n1. The van der Waals surface area contributed by atoms with Crippen molar-refractivity contribution < 1.29 is 4.74 Å². The summed E-state index contributed by atoms with van der Waals surface area (Å²) in [6.07, 6.45) is 1.62. The van der Waals surface area contributed by atoms with E-state index in [-0.39, 0.29) is 0 Å². The summed E-state index contributed by atoms with van der Waals surface area (Å²) in [6.45, 7) is 2.49. The zero-order valence-electron chi connectivity index (χ0n) is 9.89. The number of rotatable bonds is 5. The Labute approximate surface area is 126 Å². The number of benzene rings is 1. The number of nitrogens with zero attached hydrogens (tertiary/aromatic N) is 4. The van der Waals surface area contributed by atoms with E-state index < -0.39 is 0 Å². The van der Waals surface area contributed by atoms with Gasteiger partial charge < -0.3 is 4.74 Å². The molecule has 1 aromatic heterocycles. The van der Waals surface area contributed by atoms with Gasteiger partial charge in [0.1, 0.15) is 5.75 Å². The van der Waals surface area contributed by atoms with Gasteiger partial charge in [-0.3, -0.25) is 0 Å². The first kappa shape index (κ1) is 13.9. The van der Waals surface area contributed by atoms with E-state index in [4.69, 9.17) is 4.74 Å². The predicted molar refractivity (Wildman–Crippen MR) is 78.4 cm³/mol. The largest absolute Gasteiger partial charge is 0.492 e. The van der Waals surface area contributed by atoms with Crippen molar-refractivity contribution in [2.45, 2.75) is 6.92 Å². The number of anilines is 1. The highest BCUT2D eigenvalue weighted by Crippen LogP contribution is 2.32. The molecule has 0 saturated carbocycles. The van der Waals surface area contributed by atoms with Gasteiger partial charge in [0.15, 0.2) is 0 Å². The summed E-state index contributed by atoms with van der Waals surface area (Å²) >= 11 is 6.87. The Kier molecular flexibility index (Phi) is 4.86. The first-order chi connectivity index (χ1) is 9.20. The molecular weight excluding hydrogens is 380 g/mol. The van der Waals surface area contributed by atoms with Crippen molar-refractivity contribution in [3.63, 3.8) is 0 Å². The lowest BCUT2D eigenvalue weighted by Gasteiger charge is -2.09. The second kappa shape index (κ2) is 6.62. The summed E-state index contributed by atoms with van der Waals surface area (Å²) < 4.78 is 7.35. The molecule has 0 atom stereocenters. The molecule has 0 unspecified atom stereocenters. The fourth-order valence-corrected chi connectivity index (χ4v) is 2.71. The van der Waals surface area contributed by atoms with Crippen molar-refractivity contribution in [1.29, 1.82) is 0 Å². The molecule has 100 valence electrons. The Morgan fingerprint density at radius 3 is 3.00 bits per heavy atom. The van der Waals surface area contributed by atoms with Crippen LogP contribution >= 0.6 is 31.9 Å². The second-order valence-electron chi connectivity index (χ2n) is 3.34. The van der Waals surface area contributed by atoms with Gasteiger partial charge in [-0.1, -0.05) is 21.0 Å². The van der Waals surface area contributed by atoms with E-state index in [9.17, 15) is 0 Å².